The summed E-state index contributed by atoms with van der Waals surface area (Å²) in [5.41, 5.74) is 1.79. The fraction of sp³-hybridized carbons (Fsp3) is 0. The molecular formula is C15H9ClN4S. The Morgan fingerprint density at radius 3 is 2.76 bits per heavy atom. The third kappa shape index (κ3) is 2.11. The van der Waals surface area contributed by atoms with Gasteiger partial charge in [-0.1, -0.05) is 35.9 Å². The first-order valence-corrected chi connectivity index (χ1v) is 7.59. The molecule has 0 fully saturated rings. The van der Waals surface area contributed by atoms with Crippen LogP contribution in [0.4, 0.5) is 0 Å². The van der Waals surface area contributed by atoms with E-state index in [9.17, 15) is 0 Å². The van der Waals surface area contributed by atoms with Crippen molar-refractivity contribution in [1.29, 1.82) is 0 Å². The zero-order valence-corrected chi connectivity index (χ0v) is 12.3. The van der Waals surface area contributed by atoms with Crippen LogP contribution in [0.3, 0.4) is 0 Å². The number of benzene rings is 1. The average Bonchev–Trinajstić information content (AvgIpc) is 3.16. The molecule has 0 saturated heterocycles. The predicted octanol–water partition coefficient (Wildman–Crippen LogP) is 4.17. The Labute approximate surface area is 129 Å². The van der Waals surface area contributed by atoms with Gasteiger partial charge in [-0.05, 0) is 23.6 Å². The molecular weight excluding hydrogens is 304 g/mol. The first-order chi connectivity index (χ1) is 10.3. The van der Waals surface area contributed by atoms with Crippen molar-refractivity contribution in [2.75, 3.05) is 0 Å². The van der Waals surface area contributed by atoms with Crippen molar-refractivity contribution in [3.05, 3.63) is 59.1 Å². The molecule has 0 amide bonds. The number of thiophene rings is 1. The third-order valence-electron chi connectivity index (χ3n) is 3.13. The molecule has 0 aliphatic heterocycles. The molecule has 21 heavy (non-hydrogen) atoms. The molecule has 1 aromatic carbocycles. The van der Waals surface area contributed by atoms with Crippen LogP contribution in [0.2, 0.25) is 5.02 Å². The summed E-state index contributed by atoms with van der Waals surface area (Å²) in [4.78, 5) is 9.78. The molecule has 6 heteroatoms. The van der Waals surface area contributed by atoms with Crippen LogP contribution in [-0.4, -0.2) is 19.6 Å². The summed E-state index contributed by atoms with van der Waals surface area (Å²) in [6, 6.07) is 13.5. The van der Waals surface area contributed by atoms with Crippen molar-refractivity contribution in [2.24, 2.45) is 0 Å². The number of aromatic nitrogens is 4. The van der Waals surface area contributed by atoms with E-state index in [1.54, 1.807) is 22.0 Å². The van der Waals surface area contributed by atoms with Gasteiger partial charge in [-0.25, -0.2) is 4.98 Å². The summed E-state index contributed by atoms with van der Waals surface area (Å²) in [6.45, 7) is 0. The second-order valence-corrected chi connectivity index (χ2v) is 5.79. The van der Waals surface area contributed by atoms with Gasteiger partial charge in [0.2, 0.25) is 0 Å². The summed E-state index contributed by atoms with van der Waals surface area (Å²) in [7, 11) is 0. The Morgan fingerprint density at radius 1 is 1.05 bits per heavy atom. The fourth-order valence-electron chi connectivity index (χ4n) is 2.18. The van der Waals surface area contributed by atoms with Crippen LogP contribution in [0.15, 0.2) is 54.0 Å². The van der Waals surface area contributed by atoms with E-state index in [0.29, 0.717) is 16.6 Å². The van der Waals surface area contributed by atoms with Crippen LogP contribution < -0.4 is 0 Å². The average molecular weight is 313 g/mol. The van der Waals surface area contributed by atoms with E-state index in [-0.39, 0.29) is 0 Å². The van der Waals surface area contributed by atoms with E-state index in [2.05, 4.69) is 15.1 Å². The topological polar surface area (TPSA) is 43.1 Å². The van der Waals surface area contributed by atoms with Crippen LogP contribution >= 0.6 is 22.9 Å². The first-order valence-electron chi connectivity index (χ1n) is 6.33. The fourth-order valence-corrected chi connectivity index (χ4v) is 3.06. The van der Waals surface area contributed by atoms with Crippen molar-refractivity contribution in [1.82, 2.24) is 19.6 Å². The Balaban J connectivity index is 1.97. The molecule has 0 spiro atoms. The molecule has 0 unspecified atom stereocenters. The molecule has 4 nitrogen and oxygen atoms in total. The maximum Gasteiger partial charge on any atom is 0.253 e. The number of rotatable bonds is 2. The van der Waals surface area contributed by atoms with Gasteiger partial charge in [-0.3, -0.25) is 0 Å². The first kappa shape index (κ1) is 12.5. The van der Waals surface area contributed by atoms with Crippen molar-refractivity contribution < 1.29 is 0 Å². The molecule has 3 heterocycles. The Hall–Kier alpha value is -2.24. The van der Waals surface area contributed by atoms with Crippen molar-refractivity contribution >= 4 is 28.7 Å². The Morgan fingerprint density at radius 2 is 1.95 bits per heavy atom. The predicted molar refractivity (Wildman–Crippen MR) is 84.5 cm³/mol. The number of hydrogen-bond acceptors (Lipinski definition) is 4. The molecule has 0 saturated carbocycles. The lowest BCUT2D eigenvalue weighted by Gasteiger charge is -2.05. The monoisotopic (exact) mass is 312 g/mol. The molecule has 0 radical (unpaired) electrons. The number of fused-ring (bicyclic) bond motifs is 1. The molecule has 0 bridgehead atoms. The van der Waals surface area contributed by atoms with Crippen LogP contribution in [0.25, 0.3) is 27.7 Å². The van der Waals surface area contributed by atoms with E-state index in [1.165, 1.54) is 0 Å². The SMILES string of the molecule is Clc1ccccc1-c1ccnc2nc(-c3cccs3)nn12. The van der Waals surface area contributed by atoms with Gasteiger partial charge in [0.05, 0.1) is 10.6 Å². The van der Waals surface area contributed by atoms with Crippen LogP contribution in [0.1, 0.15) is 0 Å². The van der Waals surface area contributed by atoms with Gasteiger partial charge in [0, 0.05) is 16.8 Å². The van der Waals surface area contributed by atoms with E-state index in [1.807, 2.05) is 47.8 Å². The second kappa shape index (κ2) is 4.95. The molecule has 3 aromatic heterocycles. The maximum absolute atomic E-state index is 6.29. The number of halogens is 1. The molecule has 4 aromatic rings. The summed E-state index contributed by atoms with van der Waals surface area (Å²) < 4.78 is 1.73. The summed E-state index contributed by atoms with van der Waals surface area (Å²) in [5, 5.41) is 7.25. The van der Waals surface area contributed by atoms with Gasteiger partial charge >= 0.3 is 0 Å². The van der Waals surface area contributed by atoms with Crippen LogP contribution in [-0.2, 0) is 0 Å². The highest BCUT2D eigenvalue weighted by molar-refractivity contribution is 7.13. The van der Waals surface area contributed by atoms with Gasteiger partial charge in [-0.15, -0.1) is 16.4 Å². The normalized spacial score (nSPS) is 11.1. The molecule has 0 aliphatic rings. The highest BCUT2D eigenvalue weighted by Crippen LogP contribution is 2.28. The van der Waals surface area contributed by atoms with Gasteiger partial charge in [0.1, 0.15) is 0 Å². The number of hydrogen-bond donors (Lipinski definition) is 0. The number of nitrogens with zero attached hydrogens (tertiary/aromatic N) is 4. The lowest BCUT2D eigenvalue weighted by molar-refractivity contribution is 0.952. The standard InChI is InChI=1S/C15H9ClN4S/c16-11-5-2-1-4-10(11)12-7-8-17-15-18-14(19-20(12)15)13-6-3-9-21-13/h1-9H. The highest BCUT2D eigenvalue weighted by atomic mass is 35.5. The lowest BCUT2D eigenvalue weighted by Crippen LogP contribution is -1.96. The Kier molecular flexibility index (Phi) is 2.94. The van der Waals surface area contributed by atoms with Crippen molar-refractivity contribution in [3.63, 3.8) is 0 Å². The van der Waals surface area contributed by atoms with Gasteiger partial charge in [0.25, 0.3) is 5.78 Å². The molecule has 0 N–H and O–H groups in total. The minimum absolute atomic E-state index is 0.566. The van der Waals surface area contributed by atoms with Gasteiger partial charge in [-0.2, -0.15) is 9.50 Å². The smallest absolute Gasteiger partial charge is 0.220 e. The van der Waals surface area contributed by atoms with Crippen molar-refractivity contribution in [3.8, 4) is 22.0 Å². The minimum atomic E-state index is 0.566. The zero-order chi connectivity index (χ0) is 14.2. The second-order valence-electron chi connectivity index (χ2n) is 4.43. The Bertz CT molecular complexity index is 914. The van der Waals surface area contributed by atoms with Crippen LogP contribution in [0, 0.1) is 0 Å². The molecule has 4 rings (SSSR count). The summed E-state index contributed by atoms with van der Waals surface area (Å²) in [5.74, 6) is 1.24. The van der Waals surface area contributed by atoms with E-state index >= 15 is 0 Å². The van der Waals surface area contributed by atoms with E-state index < -0.39 is 0 Å². The lowest BCUT2D eigenvalue weighted by atomic mass is 10.1. The molecule has 0 atom stereocenters. The third-order valence-corrected chi connectivity index (χ3v) is 4.33. The van der Waals surface area contributed by atoms with E-state index in [4.69, 9.17) is 11.6 Å². The van der Waals surface area contributed by atoms with Gasteiger partial charge in [0.15, 0.2) is 5.82 Å². The largest absolute Gasteiger partial charge is 0.253 e. The van der Waals surface area contributed by atoms with Gasteiger partial charge < -0.3 is 0 Å². The summed E-state index contributed by atoms with van der Waals surface area (Å²) in [6.07, 6.45) is 1.72. The van der Waals surface area contributed by atoms with E-state index in [0.717, 1.165) is 16.1 Å². The highest BCUT2D eigenvalue weighted by Gasteiger charge is 2.13. The molecule has 102 valence electrons. The maximum atomic E-state index is 6.29. The summed E-state index contributed by atoms with van der Waals surface area (Å²) >= 11 is 7.89. The zero-order valence-electron chi connectivity index (χ0n) is 10.8. The minimum Gasteiger partial charge on any atom is -0.220 e. The molecule has 0 aliphatic carbocycles. The van der Waals surface area contributed by atoms with Crippen molar-refractivity contribution in [2.45, 2.75) is 0 Å². The quantitative estimate of drug-likeness (QED) is 0.558. The van der Waals surface area contributed by atoms with Crippen LogP contribution in [0.5, 0.6) is 0 Å².